The Kier molecular flexibility index (Phi) is 5.43. The van der Waals surface area contributed by atoms with Gasteiger partial charge in [-0.25, -0.2) is 4.98 Å². The van der Waals surface area contributed by atoms with Gasteiger partial charge in [-0.15, -0.1) is 0 Å². The first-order valence-electron chi connectivity index (χ1n) is 8.35. The zero-order valence-corrected chi connectivity index (χ0v) is 13.9. The molecule has 1 aliphatic heterocycles. The standard InChI is InChI=1S/C19H23N3O2/c1-22(16-6-3-2-4-7-16)18-17(8-5-11-20-18)19(23)21-14-15-9-12-24-13-10-15/h2-8,11,15H,9-10,12-14H2,1H3,(H,21,23). The van der Waals surface area contributed by atoms with Gasteiger partial charge in [0.1, 0.15) is 5.82 Å². The van der Waals surface area contributed by atoms with Crippen molar-refractivity contribution in [1.82, 2.24) is 10.3 Å². The molecule has 0 saturated carbocycles. The van der Waals surface area contributed by atoms with E-state index in [2.05, 4.69) is 10.3 Å². The number of carbonyl (C=O) groups is 1. The van der Waals surface area contributed by atoms with E-state index in [1.54, 1.807) is 12.3 Å². The highest BCUT2D eigenvalue weighted by molar-refractivity contribution is 5.99. The molecule has 0 bridgehead atoms. The zero-order chi connectivity index (χ0) is 16.8. The lowest BCUT2D eigenvalue weighted by atomic mass is 10.0. The molecule has 3 rings (SSSR count). The second-order valence-corrected chi connectivity index (χ2v) is 6.03. The van der Waals surface area contributed by atoms with Crippen molar-refractivity contribution in [3.8, 4) is 0 Å². The van der Waals surface area contributed by atoms with Crippen LogP contribution < -0.4 is 10.2 Å². The molecule has 5 heteroatoms. The average Bonchev–Trinajstić information content (AvgIpc) is 2.67. The zero-order valence-electron chi connectivity index (χ0n) is 13.9. The van der Waals surface area contributed by atoms with E-state index in [-0.39, 0.29) is 5.91 Å². The van der Waals surface area contributed by atoms with Crippen molar-refractivity contribution in [1.29, 1.82) is 0 Å². The van der Waals surface area contributed by atoms with Gasteiger partial charge in [-0.2, -0.15) is 0 Å². The largest absolute Gasteiger partial charge is 0.381 e. The maximum atomic E-state index is 12.6. The summed E-state index contributed by atoms with van der Waals surface area (Å²) in [5, 5.41) is 3.05. The lowest BCUT2D eigenvalue weighted by Crippen LogP contribution is -2.33. The Morgan fingerprint density at radius 1 is 1.21 bits per heavy atom. The summed E-state index contributed by atoms with van der Waals surface area (Å²) in [4.78, 5) is 19.0. The Morgan fingerprint density at radius 3 is 2.71 bits per heavy atom. The minimum Gasteiger partial charge on any atom is -0.381 e. The number of anilines is 2. The molecule has 0 spiro atoms. The summed E-state index contributed by atoms with van der Waals surface area (Å²) in [7, 11) is 1.92. The summed E-state index contributed by atoms with van der Waals surface area (Å²) in [5.41, 5.74) is 1.59. The van der Waals surface area contributed by atoms with Gasteiger partial charge in [-0.1, -0.05) is 18.2 Å². The average molecular weight is 325 g/mol. The number of benzene rings is 1. The summed E-state index contributed by atoms with van der Waals surface area (Å²) < 4.78 is 5.36. The van der Waals surface area contributed by atoms with Crippen LogP contribution in [-0.4, -0.2) is 37.7 Å². The third-order valence-corrected chi connectivity index (χ3v) is 4.38. The monoisotopic (exact) mass is 325 g/mol. The fourth-order valence-corrected chi connectivity index (χ4v) is 2.90. The molecule has 0 radical (unpaired) electrons. The van der Waals surface area contributed by atoms with Crippen LogP contribution in [0.1, 0.15) is 23.2 Å². The number of hydrogen-bond acceptors (Lipinski definition) is 4. The molecule has 5 nitrogen and oxygen atoms in total. The van der Waals surface area contributed by atoms with Gasteiger partial charge >= 0.3 is 0 Å². The molecule has 2 heterocycles. The minimum atomic E-state index is -0.0765. The third kappa shape index (κ3) is 3.92. The van der Waals surface area contributed by atoms with Crippen LogP contribution in [0.15, 0.2) is 48.7 Å². The molecule has 1 aliphatic rings. The highest BCUT2D eigenvalue weighted by Crippen LogP contribution is 2.24. The van der Waals surface area contributed by atoms with E-state index >= 15 is 0 Å². The number of para-hydroxylation sites is 1. The van der Waals surface area contributed by atoms with Crippen LogP contribution in [0.3, 0.4) is 0 Å². The van der Waals surface area contributed by atoms with Crippen LogP contribution in [0.5, 0.6) is 0 Å². The summed E-state index contributed by atoms with van der Waals surface area (Å²) in [6.07, 6.45) is 3.72. The van der Waals surface area contributed by atoms with Crippen molar-refractivity contribution < 1.29 is 9.53 Å². The fourth-order valence-electron chi connectivity index (χ4n) is 2.90. The number of pyridine rings is 1. The molecule has 1 saturated heterocycles. The number of amides is 1. The highest BCUT2D eigenvalue weighted by Gasteiger charge is 2.19. The lowest BCUT2D eigenvalue weighted by molar-refractivity contribution is 0.0643. The van der Waals surface area contributed by atoms with Crippen LogP contribution in [0, 0.1) is 5.92 Å². The van der Waals surface area contributed by atoms with Crippen LogP contribution in [0.2, 0.25) is 0 Å². The first-order valence-corrected chi connectivity index (χ1v) is 8.35. The van der Waals surface area contributed by atoms with Crippen molar-refractivity contribution in [2.24, 2.45) is 5.92 Å². The van der Waals surface area contributed by atoms with Gasteiger partial charge in [-0.3, -0.25) is 4.79 Å². The van der Waals surface area contributed by atoms with E-state index in [4.69, 9.17) is 4.74 Å². The number of hydrogen-bond donors (Lipinski definition) is 1. The predicted octanol–water partition coefficient (Wildman–Crippen LogP) is 3.01. The molecule has 1 N–H and O–H groups in total. The van der Waals surface area contributed by atoms with Gasteiger partial charge < -0.3 is 15.0 Å². The second kappa shape index (κ2) is 7.93. The molecule has 1 aromatic carbocycles. The maximum absolute atomic E-state index is 12.6. The first-order chi connectivity index (χ1) is 11.8. The lowest BCUT2D eigenvalue weighted by Gasteiger charge is -2.23. The summed E-state index contributed by atoms with van der Waals surface area (Å²) >= 11 is 0. The molecular weight excluding hydrogens is 302 g/mol. The van der Waals surface area contributed by atoms with Crippen molar-refractivity contribution in [3.05, 3.63) is 54.2 Å². The van der Waals surface area contributed by atoms with E-state index in [9.17, 15) is 4.79 Å². The maximum Gasteiger partial charge on any atom is 0.255 e. The molecule has 0 aliphatic carbocycles. The smallest absolute Gasteiger partial charge is 0.255 e. The summed E-state index contributed by atoms with van der Waals surface area (Å²) in [6.45, 7) is 2.26. The van der Waals surface area contributed by atoms with Gasteiger partial charge in [0, 0.05) is 38.7 Å². The molecule has 0 unspecified atom stereocenters. The third-order valence-electron chi connectivity index (χ3n) is 4.38. The molecule has 2 aromatic rings. The van der Waals surface area contributed by atoms with Crippen LogP contribution in [0.4, 0.5) is 11.5 Å². The number of nitrogens with zero attached hydrogens (tertiary/aromatic N) is 2. The normalized spacial score (nSPS) is 15.0. The topological polar surface area (TPSA) is 54.5 Å². The molecule has 1 amide bonds. The molecule has 1 aromatic heterocycles. The quantitative estimate of drug-likeness (QED) is 0.918. The van der Waals surface area contributed by atoms with E-state index in [1.165, 1.54) is 0 Å². The van der Waals surface area contributed by atoms with Crippen molar-refractivity contribution >= 4 is 17.4 Å². The first kappa shape index (κ1) is 16.5. The van der Waals surface area contributed by atoms with Gasteiger partial charge in [-0.05, 0) is 43.0 Å². The summed E-state index contributed by atoms with van der Waals surface area (Å²) in [6, 6.07) is 13.5. The fraction of sp³-hybridized carbons (Fsp3) is 0.368. The molecule has 0 atom stereocenters. The van der Waals surface area contributed by atoms with Crippen molar-refractivity contribution in [3.63, 3.8) is 0 Å². The Bertz CT molecular complexity index is 669. The Morgan fingerprint density at radius 2 is 1.96 bits per heavy atom. The van der Waals surface area contributed by atoms with E-state index in [0.717, 1.165) is 31.7 Å². The number of nitrogens with one attached hydrogen (secondary N) is 1. The highest BCUT2D eigenvalue weighted by atomic mass is 16.5. The molecule has 1 fully saturated rings. The number of rotatable bonds is 5. The Labute approximate surface area is 142 Å². The van der Waals surface area contributed by atoms with Crippen LogP contribution >= 0.6 is 0 Å². The van der Waals surface area contributed by atoms with Gasteiger partial charge in [0.15, 0.2) is 0 Å². The number of ether oxygens (including phenoxy) is 1. The van der Waals surface area contributed by atoms with Gasteiger partial charge in [0.25, 0.3) is 5.91 Å². The number of aromatic nitrogens is 1. The van der Waals surface area contributed by atoms with E-state index < -0.39 is 0 Å². The van der Waals surface area contributed by atoms with Crippen LogP contribution in [0.25, 0.3) is 0 Å². The second-order valence-electron chi connectivity index (χ2n) is 6.03. The minimum absolute atomic E-state index is 0.0765. The van der Waals surface area contributed by atoms with E-state index in [1.807, 2.05) is 48.3 Å². The Hall–Kier alpha value is -2.40. The summed E-state index contributed by atoms with van der Waals surface area (Å²) in [5.74, 6) is 1.08. The number of carbonyl (C=O) groups excluding carboxylic acids is 1. The Balaban J connectivity index is 1.72. The predicted molar refractivity (Wildman–Crippen MR) is 94.6 cm³/mol. The SMILES string of the molecule is CN(c1ccccc1)c1ncccc1C(=O)NCC1CCOCC1. The molecular formula is C19H23N3O2. The molecule has 126 valence electrons. The van der Waals surface area contributed by atoms with Crippen molar-refractivity contribution in [2.75, 3.05) is 31.7 Å². The van der Waals surface area contributed by atoms with E-state index in [0.29, 0.717) is 23.8 Å². The van der Waals surface area contributed by atoms with Gasteiger partial charge in [0.05, 0.1) is 5.56 Å². The molecule has 24 heavy (non-hydrogen) atoms. The van der Waals surface area contributed by atoms with Crippen LogP contribution in [-0.2, 0) is 4.74 Å². The van der Waals surface area contributed by atoms with Gasteiger partial charge in [0.2, 0.25) is 0 Å². The van der Waals surface area contributed by atoms with Crippen molar-refractivity contribution in [2.45, 2.75) is 12.8 Å².